The van der Waals surface area contributed by atoms with Gasteiger partial charge in [-0.15, -0.1) is 0 Å². The van der Waals surface area contributed by atoms with E-state index in [0.717, 1.165) is 0 Å². The first-order valence-electron chi connectivity index (χ1n) is 6.67. The number of nitrogens with one attached hydrogen (secondary N) is 1. The van der Waals surface area contributed by atoms with Crippen molar-refractivity contribution in [3.63, 3.8) is 0 Å². The van der Waals surface area contributed by atoms with Gasteiger partial charge in [-0.25, -0.2) is 0 Å². The second-order valence-corrected chi connectivity index (χ2v) is 5.08. The molecule has 0 heterocycles. The van der Waals surface area contributed by atoms with Gasteiger partial charge in [0.1, 0.15) is 5.69 Å². The Morgan fingerprint density at radius 1 is 1.48 bits per heavy atom. The standard InChI is InChI=1S/C14H21N3O4/c1-9(14(19)15-3)8-16(4)12-6-5-11(10(2)18)7-13(12)17(20)21/h5-7,9-10,18H,8H2,1-4H3,(H,15,19). The molecule has 0 saturated heterocycles. The number of amides is 1. The molecule has 0 spiro atoms. The van der Waals surface area contributed by atoms with Crippen molar-refractivity contribution in [3.8, 4) is 0 Å². The van der Waals surface area contributed by atoms with Gasteiger partial charge in [-0.3, -0.25) is 14.9 Å². The lowest BCUT2D eigenvalue weighted by atomic mass is 10.1. The highest BCUT2D eigenvalue weighted by molar-refractivity contribution is 5.79. The van der Waals surface area contributed by atoms with E-state index in [4.69, 9.17) is 0 Å². The summed E-state index contributed by atoms with van der Waals surface area (Å²) in [5.41, 5.74) is 0.818. The Balaban J connectivity index is 3.06. The van der Waals surface area contributed by atoms with Crippen LogP contribution in [0, 0.1) is 16.0 Å². The molecule has 7 heteroatoms. The largest absolute Gasteiger partial charge is 0.389 e. The Hall–Kier alpha value is -2.15. The number of benzene rings is 1. The molecule has 21 heavy (non-hydrogen) atoms. The lowest BCUT2D eigenvalue weighted by Gasteiger charge is -2.23. The van der Waals surface area contributed by atoms with Crippen molar-refractivity contribution in [2.45, 2.75) is 20.0 Å². The number of hydrogen-bond donors (Lipinski definition) is 2. The fraction of sp³-hybridized carbons (Fsp3) is 0.500. The minimum absolute atomic E-state index is 0.0833. The molecule has 1 amide bonds. The van der Waals surface area contributed by atoms with Crippen LogP contribution in [0.5, 0.6) is 0 Å². The molecule has 0 aromatic heterocycles. The molecule has 0 bridgehead atoms. The van der Waals surface area contributed by atoms with Crippen LogP contribution in [0.1, 0.15) is 25.5 Å². The Morgan fingerprint density at radius 3 is 2.57 bits per heavy atom. The smallest absolute Gasteiger partial charge is 0.292 e. The fourth-order valence-corrected chi connectivity index (χ4v) is 2.11. The highest BCUT2D eigenvalue weighted by Gasteiger charge is 2.22. The third-order valence-electron chi connectivity index (χ3n) is 3.33. The monoisotopic (exact) mass is 295 g/mol. The van der Waals surface area contributed by atoms with Crippen molar-refractivity contribution in [2.24, 2.45) is 5.92 Å². The van der Waals surface area contributed by atoms with Crippen LogP contribution in [0.2, 0.25) is 0 Å². The number of rotatable bonds is 6. The molecule has 2 N–H and O–H groups in total. The van der Waals surface area contributed by atoms with Crippen LogP contribution in [-0.4, -0.2) is 36.6 Å². The summed E-state index contributed by atoms with van der Waals surface area (Å²) in [6.07, 6.45) is -0.771. The zero-order chi connectivity index (χ0) is 16.2. The lowest BCUT2D eigenvalue weighted by molar-refractivity contribution is -0.384. The maximum Gasteiger partial charge on any atom is 0.292 e. The van der Waals surface area contributed by atoms with Gasteiger partial charge in [-0.2, -0.15) is 0 Å². The molecule has 1 rings (SSSR count). The van der Waals surface area contributed by atoms with E-state index in [9.17, 15) is 20.0 Å². The second kappa shape index (κ2) is 7.03. The van der Waals surface area contributed by atoms with Crippen LogP contribution >= 0.6 is 0 Å². The molecule has 0 saturated carbocycles. The summed E-state index contributed by atoms with van der Waals surface area (Å²) in [6, 6.07) is 4.60. The van der Waals surface area contributed by atoms with Crippen molar-refractivity contribution in [2.75, 3.05) is 25.5 Å². The number of carbonyl (C=O) groups excluding carboxylic acids is 1. The van der Waals surface area contributed by atoms with E-state index in [1.807, 2.05) is 0 Å². The molecule has 1 aromatic carbocycles. The zero-order valence-corrected chi connectivity index (χ0v) is 12.7. The van der Waals surface area contributed by atoms with Crippen LogP contribution < -0.4 is 10.2 Å². The third kappa shape index (κ3) is 4.16. The number of nitro benzene ring substituents is 1. The van der Waals surface area contributed by atoms with E-state index in [-0.39, 0.29) is 17.5 Å². The Labute approximate surface area is 123 Å². The number of hydrogen-bond acceptors (Lipinski definition) is 5. The zero-order valence-electron chi connectivity index (χ0n) is 12.7. The normalized spacial score (nSPS) is 13.4. The summed E-state index contributed by atoms with van der Waals surface area (Å²) in [5, 5.41) is 23.3. The SMILES string of the molecule is CNC(=O)C(C)CN(C)c1ccc(C(C)O)cc1[N+](=O)[O-]. The molecule has 116 valence electrons. The van der Waals surface area contributed by atoms with Gasteiger partial charge in [0.05, 0.1) is 16.9 Å². The van der Waals surface area contributed by atoms with Crippen LogP contribution in [0.25, 0.3) is 0 Å². The van der Waals surface area contributed by atoms with Crippen LogP contribution in [0.4, 0.5) is 11.4 Å². The third-order valence-corrected chi connectivity index (χ3v) is 3.33. The number of aliphatic hydroxyl groups excluding tert-OH is 1. The molecule has 0 radical (unpaired) electrons. The quantitative estimate of drug-likeness (QED) is 0.612. The molecule has 0 aliphatic rings. The average Bonchev–Trinajstić information content (AvgIpc) is 2.45. The number of anilines is 1. The Kier molecular flexibility index (Phi) is 5.66. The first-order valence-corrected chi connectivity index (χ1v) is 6.67. The lowest BCUT2D eigenvalue weighted by Crippen LogP contribution is -2.34. The molecule has 0 aliphatic heterocycles. The van der Waals surface area contributed by atoms with Gasteiger partial charge in [0.15, 0.2) is 0 Å². The van der Waals surface area contributed by atoms with Crippen LogP contribution in [0.15, 0.2) is 18.2 Å². The van der Waals surface area contributed by atoms with E-state index in [1.54, 1.807) is 45.0 Å². The molecule has 1 aromatic rings. The van der Waals surface area contributed by atoms with Crippen LogP contribution in [0.3, 0.4) is 0 Å². The second-order valence-electron chi connectivity index (χ2n) is 5.08. The minimum atomic E-state index is -0.771. The topological polar surface area (TPSA) is 95.7 Å². The van der Waals surface area contributed by atoms with Gasteiger partial charge >= 0.3 is 0 Å². The van der Waals surface area contributed by atoms with Crippen molar-refractivity contribution in [1.82, 2.24) is 5.32 Å². The van der Waals surface area contributed by atoms with E-state index in [0.29, 0.717) is 17.8 Å². The summed E-state index contributed by atoms with van der Waals surface area (Å²) >= 11 is 0. The molecular formula is C14H21N3O4. The summed E-state index contributed by atoms with van der Waals surface area (Å²) in [5.74, 6) is -0.416. The number of nitro groups is 1. The van der Waals surface area contributed by atoms with Crippen LogP contribution in [-0.2, 0) is 4.79 Å². The number of carbonyl (C=O) groups is 1. The summed E-state index contributed by atoms with van der Waals surface area (Å²) < 4.78 is 0. The molecule has 7 nitrogen and oxygen atoms in total. The Bertz CT molecular complexity index is 531. The van der Waals surface area contributed by atoms with Crippen molar-refractivity contribution >= 4 is 17.3 Å². The maximum absolute atomic E-state index is 11.5. The van der Waals surface area contributed by atoms with E-state index >= 15 is 0 Å². The van der Waals surface area contributed by atoms with E-state index in [1.165, 1.54) is 6.07 Å². The molecule has 2 atom stereocenters. The van der Waals surface area contributed by atoms with Crippen molar-refractivity contribution in [1.29, 1.82) is 0 Å². The summed E-state index contributed by atoms with van der Waals surface area (Å²) in [4.78, 5) is 23.9. The first kappa shape index (κ1) is 16.9. The Morgan fingerprint density at radius 2 is 2.10 bits per heavy atom. The molecule has 0 aliphatic carbocycles. The predicted octanol–water partition coefficient (Wildman–Crippen LogP) is 1.47. The summed E-state index contributed by atoms with van der Waals surface area (Å²) in [7, 11) is 3.25. The first-order chi connectivity index (χ1) is 9.77. The number of aliphatic hydroxyl groups is 1. The minimum Gasteiger partial charge on any atom is -0.389 e. The summed E-state index contributed by atoms with van der Waals surface area (Å²) in [6.45, 7) is 3.66. The van der Waals surface area contributed by atoms with Gasteiger partial charge < -0.3 is 15.3 Å². The average molecular weight is 295 g/mol. The van der Waals surface area contributed by atoms with Gasteiger partial charge in [0.2, 0.25) is 5.91 Å². The highest BCUT2D eigenvalue weighted by Crippen LogP contribution is 2.30. The van der Waals surface area contributed by atoms with Gasteiger partial charge in [-0.05, 0) is 18.6 Å². The molecule has 2 unspecified atom stereocenters. The van der Waals surface area contributed by atoms with E-state index < -0.39 is 11.0 Å². The predicted molar refractivity (Wildman–Crippen MR) is 80.2 cm³/mol. The number of nitrogens with zero attached hydrogens (tertiary/aromatic N) is 2. The van der Waals surface area contributed by atoms with Crippen molar-refractivity contribution in [3.05, 3.63) is 33.9 Å². The van der Waals surface area contributed by atoms with Gasteiger partial charge in [0, 0.05) is 26.7 Å². The van der Waals surface area contributed by atoms with Crippen molar-refractivity contribution < 1.29 is 14.8 Å². The van der Waals surface area contributed by atoms with Gasteiger partial charge in [-0.1, -0.05) is 13.0 Å². The van der Waals surface area contributed by atoms with Gasteiger partial charge in [0.25, 0.3) is 5.69 Å². The maximum atomic E-state index is 11.5. The van der Waals surface area contributed by atoms with E-state index in [2.05, 4.69) is 5.32 Å². The fourth-order valence-electron chi connectivity index (χ4n) is 2.11. The molecular weight excluding hydrogens is 274 g/mol. The molecule has 0 fully saturated rings. The highest BCUT2D eigenvalue weighted by atomic mass is 16.6.